The maximum atomic E-state index is 12.4. The maximum Gasteiger partial charge on any atom is 0.124 e. The summed E-state index contributed by atoms with van der Waals surface area (Å²) < 4.78 is 17.0. The molecule has 54 valence electrons. The minimum Gasteiger partial charge on any atom is -0.382 e. The molecule has 0 aliphatic carbocycles. The summed E-state index contributed by atoms with van der Waals surface area (Å²) >= 11 is 0. The van der Waals surface area contributed by atoms with E-state index in [-0.39, 0.29) is 6.61 Å². The van der Waals surface area contributed by atoms with Gasteiger partial charge in [-0.05, 0) is 12.8 Å². The third kappa shape index (κ3) is 5.50. The van der Waals surface area contributed by atoms with E-state index in [0.717, 1.165) is 6.42 Å². The molecule has 0 bridgehead atoms. The van der Waals surface area contributed by atoms with Crippen molar-refractivity contribution in [3.8, 4) is 0 Å². The summed E-state index contributed by atoms with van der Waals surface area (Å²) in [7, 11) is 1.50. The van der Waals surface area contributed by atoms with Gasteiger partial charge in [0, 0.05) is 7.11 Å². The molecule has 0 N–H and O–H groups in total. The first-order valence-electron chi connectivity index (χ1n) is 3.05. The lowest BCUT2D eigenvalue weighted by atomic mass is 10.2. The zero-order chi connectivity index (χ0) is 7.11. The van der Waals surface area contributed by atoms with Crippen LogP contribution in [0.3, 0.4) is 0 Å². The molecule has 0 fully saturated rings. The SMILES string of the molecule is C=CCCC(F)COC. The van der Waals surface area contributed by atoms with Crippen LogP contribution < -0.4 is 0 Å². The summed E-state index contributed by atoms with van der Waals surface area (Å²) in [6, 6.07) is 0. The van der Waals surface area contributed by atoms with E-state index in [4.69, 9.17) is 0 Å². The summed E-state index contributed by atoms with van der Waals surface area (Å²) in [6.07, 6.45) is 2.14. The highest BCUT2D eigenvalue weighted by Crippen LogP contribution is 2.01. The molecule has 0 aliphatic heterocycles. The molecule has 0 rings (SSSR count). The van der Waals surface area contributed by atoms with E-state index in [1.54, 1.807) is 6.08 Å². The van der Waals surface area contributed by atoms with Crippen molar-refractivity contribution in [2.24, 2.45) is 0 Å². The van der Waals surface area contributed by atoms with E-state index in [0.29, 0.717) is 6.42 Å². The lowest BCUT2D eigenvalue weighted by molar-refractivity contribution is 0.119. The number of methoxy groups -OCH3 is 1. The van der Waals surface area contributed by atoms with Crippen molar-refractivity contribution in [3.63, 3.8) is 0 Å². The van der Waals surface area contributed by atoms with Gasteiger partial charge in [0.1, 0.15) is 6.17 Å². The largest absolute Gasteiger partial charge is 0.382 e. The van der Waals surface area contributed by atoms with Crippen LogP contribution in [-0.2, 0) is 4.74 Å². The Morgan fingerprint density at radius 2 is 2.44 bits per heavy atom. The van der Waals surface area contributed by atoms with Crippen LogP contribution in [0.2, 0.25) is 0 Å². The highest BCUT2D eigenvalue weighted by Gasteiger charge is 2.02. The Labute approximate surface area is 55.5 Å². The van der Waals surface area contributed by atoms with Gasteiger partial charge in [-0.25, -0.2) is 4.39 Å². The molecule has 1 nitrogen and oxygen atoms in total. The van der Waals surface area contributed by atoms with Gasteiger partial charge in [-0.15, -0.1) is 6.58 Å². The van der Waals surface area contributed by atoms with Crippen molar-refractivity contribution >= 4 is 0 Å². The van der Waals surface area contributed by atoms with Crippen LogP contribution in [-0.4, -0.2) is 19.9 Å². The minimum atomic E-state index is -0.826. The number of hydrogen-bond acceptors (Lipinski definition) is 1. The Bertz CT molecular complexity index is 73.3. The van der Waals surface area contributed by atoms with Gasteiger partial charge in [0.25, 0.3) is 0 Å². The molecule has 1 unspecified atom stereocenters. The first-order chi connectivity index (χ1) is 4.31. The summed E-state index contributed by atoms with van der Waals surface area (Å²) in [6.45, 7) is 3.69. The van der Waals surface area contributed by atoms with E-state index < -0.39 is 6.17 Å². The Kier molecular flexibility index (Phi) is 5.52. The molecule has 0 radical (unpaired) electrons. The van der Waals surface area contributed by atoms with Gasteiger partial charge in [0.2, 0.25) is 0 Å². The highest BCUT2D eigenvalue weighted by atomic mass is 19.1. The number of hydrogen-bond donors (Lipinski definition) is 0. The lowest BCUT2D eigenvalue weighted by Crippen LogP contribution is -2.07. The van der Waals surface area contributed by atoms with Crippen molar-refractivity contribution in [3.05, 3.63) is 12.7 Å². The van der Waals surface area contributed by atoms with E-state index in [1.807, 2.05) is 0 Å². The number of alkyl halides is 1. The summed E-state index contributed by atoms with van der Waals surface area (Å²) in [4.78, 5) is 0. The average Bonchev–Trinajstić information content (AvgIpc) is 1.85. The Morgan fingerprint density at radius 3 is 2.89 bits per heavy atom. The topological polar surface area (TPSA) is 9.23 Å². The summed E-state index contributed by atoms with van der Waals surface area (Å²) in [5.74, 6) is 0. The van der Waals surface area contributed by atoms with Crippen LogP contribution in [0.1, 0.15) is 12.8 Å². The minimum absolute atomic E-state index is 0.202. The number of rotatable bonds is 5. The Morgan fingerprint density at radius 1 is 1.78 bits per heavy atom. The van der Waals surface area contributed by atoms with Gasteiger partial charge < -0.3 is 4.74 Å². The van der Waals surface area contributed by atoms with Gasteiger partial charge in [-0.3, -0.25) is 0 Å². The van der Waals surface area contributed by atoms with Crippen molar-refractivity contribution in [1.29, 1.82) is 0 Å². The molecule has 1 atom stereocenters. The van der Waals surface area contributed by atoms with Crippen molar-refractivity contribution in [1.82, 2.24) is 0 Å². The standard InChI is InChI=1S/C7H13FO/c1-3-4-5-7(8)6-9-2/h3,7H,1,4-6H2,2H3. The predicted octanol–water partition coefficient (Wildman–Crippen LogP) is 1.94. The molecule has 0 aromatic carbocycles. The molecule has 2 heteroatoms. The maximum absolute atomic E-state index is 12.4. The number of allylic oxidation sites excluding steroid dienone is 1. The van der Waals surface area contributed by atoms with Gasteiger partial charge in [0.15, 0.2) is 0 Å². The third-order valence-electron chi connectivity index (χ3n) is 1.03. The Balaban J connectivity index is 3.04. The molecule has 0 aromatic heterocycles. The van der Waals surface area contributed by atoms with E-state index in [1.165, 1.54) is 7.11 Å². The van der Waals surface area contributed by atoms with Crippen LogP contribution in [0.5, 0.6) is 0 Å². The molecule has 9 heavy (non-hydrogen) atoms. The second-order valence-corrected chi connectivity index (χ2v) is 1.92. The molecule has 0 saturated carbocycles. The van der Waals surface area contributed by atoms with Crippen molar-refractivity contribution in [2.45, 2.75) is 19.0 Å². The molecular formula is C7H13FO. The summed E-state index contributed by atoms with van der Waals surface area (Å²) in [5, 5.41) is 0. The molecule has 0 saturated heterocycles. The number of ether oxygens (including phenoxy) is 1. The monoisotopic (exact) mass is 132 g/mol. The second-order valence-electron chi connectivity index (χ2n) is 1.92. The summed E-state index contributed by atoms with van der Waals surface area (Å²) in [5.41, 5.74) is 0. The van der Waals surface area contributed by atoms with Crippen LogP contribution in [0.25, 0.3) is 0 Å². The van der Waals surface area contributed by atoms with E-state index >= 15 is 0 Å². The van der Waals surface area contributed by atoms with Crippen molar-refractivity contribution in [2.75, 3.05) is 13.7 Å². The first kappa shape index (κ1) is 8.63. The van der Waals surface area contributed by atoms with E-state index in [2.05, 4.69) is 11.3 Å². The smallest absolute Gasteiger partial charge is 0.124 e. The molecule has 0 aliphatic rings. The molecule has 0 heterocycles. The fraction of sp³-hybridized carbons (Fsp3) is 0.714. The van der Waals surface area contributed by atoms with Gasteiger partial charge in [-0.1, -0.05) is 6.08 Å². The van der Waals surface area contributed by atoms with Crippen LogP contribution in [0.4, 0.5) is 4.39 Å². The molecule has 0 amide bonds. The van der Waals surface area contributed by atoms with Crippen LogP contribution in [0.15, 0.2) is 12.7 Å². The van der Waals surface area contributed by atoms with Crippen LogP contribution >= 0.6 is 0 Å². The molecule has 0 spiro atoms. The van der Waals surface area contributed by atoms with E-state index in [9.17, 15) is 4.39 Å². The molecular weight excluding hydrogens is 119 g/mol. The van der Waals surface area contributed by atoms with Gasteiger partial charge >= 0.3 is 0 Å². The van der Waals surface area contributed by atoms with Gasteiger partial charge in [0.05, 0.1) is 6.61 Å². The average molecular weight is 132 g/mol. The Hall–Kier alpha value is -0.370. The van der Waals surface area contributed by atoms with Gasteiger partial charge in [-0.2, -0.15) is 0 Å². The lowest BCUT2D eigenvalue weighted by Gasteiger charge is -2.02. The highest BCUT2D eigenvalue weighted by molar-refractivity contribution is 4.68. The zero-order valence-electron chi connectivity index (χ0n) is 5.77. The van der Waals surface area contributed by atoms with Crippen molar-refractivity contribution < 1.29 is 9.13 Å². The zero-order valence-corrected chi connectivity index (χ0v) is 5.77. The quantitative estimate of drug-likeness (QED) is 0.519. The third-order valence-corrected chi connectivity index (χ3v) is 1.03. The fourth-order valence-corrected chi connectivity index (χ4v) is 0.563. The number of halogens is 1. The molecule has 0 aromatic rings. The first-order valence-corrected chi connectivity index (χ1v) is 3.05. The normalized spacial score (nSPS) is 13.1. The second kappa shape index (κ2) is 5.76. The fourth-order valence-electron chi connectivity index (χ4n) is 0.563. The van der Waals surface area contributed by atoms with Crippen LogP contribution in [0, 0.1) is 0 Å². The predicted molar refractivity (Wildman–Crippen MR) is 36.2 cm³/mol.